The lowest BCUT2D eigenvalue weighted by molar-refractivity contribution is -0.116. The van der Waals surface area contributed by atoms with E-state index in [1.54, 1.807) is 12.3 Å². The maximum Gasteiger partial charge on any atom is 0.270 e. The number of fused-ring (bicyclic) bond motifs is 4. The number of nitrogens with zero attached hydrogens (tertiary/aromatic N) is 2. The minimum atomic E-state index is -0.649. The monoisotopic (exact) mass is 446 g/mol. The number of rotatable bonds is 5. The summed E-state index contributed by atoms with van der Waals surface area (Å²) in [6.45, 7) is -0.649. The van der Waals surface area contributed by atoms with E-state index in [4.69, 9.17) is 9.47 Å². The van der Waals surface area contributed by atoms with Gasteiger partial charge in [-0.2, -0.15) is 0 Å². The molecule has 33 heavy (non-hydrogen) atoms. The van der Waals surface area contributed by atoms with E-state index in [-0.39, 0.29) is 35.6 Å². The largest absolute Gasteiger partial charge is 0.487 e. The average Bonchev–Trinajstić information content (AvgIpc) is 3.35. The summed E-state index contributed by atoms with van der Waals surface area (Å²) in [5, 5.41) is 5.71. The van der Waals surface area contributed by atoms with E-state index in [0.29, 0.717) is 35.7 Å². The third-order valence-corrected chi connectivity index (χ3v) is 6.17. The van der Waals surface area contributed by atoms with Gasteiger partial charge in [-0.3, -0.25) is 14.6 Å². The molecule has 0 unspecified atom stereocenters. The highest BCUT2D eigenvalue weighted by molar-refractivity contribution is 5.93. The van der Waals surface area contributed by atoms with Crippen molar-refractivity contribution in [3.63, 3.8) is 0 Å². The molecule has 4 heterocycles. The van der Waals surface area contributed by atoms with Gasteiger partial charge in [-0.15, -0.1) is 0 Å². The third kappa shape index (κ3) is 3.45. The van der Waals surface area contributed by atoms with Crippen LogP contribution in [0.5, 0.6) is 17.2 Å². The van der Waals surface area contributed by atoms with Crippen LogP contribution in [0.4, 0.5) is 10.2 Å². The number of benzene rings is 1. The molecule has 2 aliphatic heterocycles. The number of pyridine rings is 2. The molecule has 1 aliphatic carbocycles. The molecule has 0 spiro atoms. The second kappa shape index (κ2) is 7.54. The number of carbonyl (C=O) groups excluding carboxylic acids is 2. The van der Waals surface area contributed by atoms with Crippen molar-refractivity contribution in [2.24, 2.45) is 0 Å². The van der Waals surface area contributed by atoms with Gasteiger partial charge in [-0.05, 0) is 48.4 Å². The van der Waals surface area contributed by atoms with Crippen molar-refractivity contribution in [1.29, 1.82) is 0 Å². The van der Waals surface area contributed by atoms with Crippen molar-refractivity contribution in [2.45, 2.75) is 37.6 Å². The first kappa shape index (κ1) is 19.7. The zero-order chi connectivity index (χ0) is 22.5. The summed E-state index contributed by atoms with van der Waals surface area (Å²) in [4.78, 5) is 32.5. The summed E-state index contributed by atoms with van der Waals surface area (Å²) in [6, 6.07) is 10.2. The Labute approximate surface area is 188 Å². The lowest BCUT2D eigenvalue weighted by atomic mass is 10.1. The SMILES string of the molecule is O=C1CCc2c(Oc3ccc4c(c3)[C@H]3[C@H](NC(=O)c5cc(CF)ccn5)[C@H]3O4)ccnc2N1. The van der Waals surface area contributed by atoms with Crippen LogP contribution >= 0.6 is 0 Å². The Morgan fingerprint density at radius 3 is 2.94 bits per heavy atom. The van der Waals surface area contributed by atoms with Crippen molar-refractivity contribution in [3.8, 4) is 17.2 Å². The number of carbonyl (C=O) groups is 2. The molecule has 1 aromatic carbocycles. The van der Waals surface area contributed by atoms with E-state index in [9.17, 15) is 14.0 Å². The van der Waals surface area contributed by atoms with E-state index < -0.39 is 6.67 Å². The van der Waals surface area contributed by atoms with E-state index in [1.165, 1.54) is 18.3 Å². The van der Waals surface area contributed by atoms with Crippen LogP contribution in [-0.2, 0) is 17.9 Å². The number of aromatic nitrogens is 2. The third-order valence-electron chi connectivity index (χ3n) is 6.17. The minimum Gasteiger partial charge on any atom is -0.487 e. The van der Waals surface area contributed by atoms with Crippen LogP contribution in [0.1, 0.15) is 39.5 Å². The first-order chi connectivity index (χ1) is 16.1. The predicted molar refractivity (Wildman–Crippen MR) is 115 cm³/mol. The summed E-state index contributed by atoms with van der Waals surface area (Å²) in [7, 11) is 0. The molecule has 1 saturated carbocycles. The Kier molecular flexibility index (Phi) is 4.49. The highest BCUT2D eigenvalue weighted by atomic mass is 19.1. The van der Waals surface area contributed by atoms with Crippen LogP contribution in [0, 0.1) is 0 Å². The molecule has 166 valence electrons. The Bertz CT molecular complexity index is 1300. The molecule has 3 aliphatic rings. The number of hydrogen-bond donors (Lipinski definition) is 2. The van der Waals surface area contributed by atoms with Gasteiger partial charge in [0.15, 0.2) is 0 Å². The fraction of sp³-hybridized carbons (Fsp3) is 0.250. The first-order valence-corrected chi connectivity index (χ1v) is 10.7. The standard InChI is InChI=1S/C24H19FN4O4/c25-11-12-5-7-26-16(9-12)24(31)29-21-20-15-10-13(1-3-17(15)33-22(20)21)32-18-6-8-27-23-14(18)2-4-19(30)28-23/h1,3,5-10,20-22H,2,4,11H2,(H,29,31)(H,27,28,30)/t20-,21-,22-/m0/s1. The van der Waals surface area contributed by atoms with Crippen molar-refractivity contribution in [3.05, 3.63) is 71.2 Å². The first-order valence-electron chi connectivity index (χ1n) is 10.7. The number of hydrogen-bond acceptors (Lipinski definition) is 6. The zero-order valence-electron chi connectivity index (χ0n) is 17.4. The molecule has 1 fully saturated rings. The molecule has 0 saturated heterocycles. The number of ether oxygens (including phenoxy) is 2. The lowest BCUT2D eigenvalue weighted by Crippen LogP contribution is -2.30. The van der Waals surface area contributed by atoms with Crippen molar-refractivity contribution >= 4 is 17.6 Å². The minimum absolute atomic E-state index is 0.0162. The molecule has 0 bridgehead atoms. The van der Waals surface area contributed by atoms with E-state index in [1.807, 2.05) is 18.2 Å². The maximum atomic E-state index is 12.9. The Balaban J connectivity index is 1.18. The highest BCUT2D eigenvalue weighted by Crippen LogP contribution is 2.54. The molecule has 9 heteroatoms. The Morgan fingerprint density at radius 2 is 2.06 bits per heavy atom. The predicted octanol–water partition coefficient (Wildman–Crippen LogP) is 3.28. The number of nitrogens with one attached hydrogen (secondary N) is 2. The van der Waals surface area contributed by atoms with Gasteiger partial charge in [0.1, 0.15) is 41.5 Å². The van der Waals surface area contributed by atoms with Crippen LogP contribution in [-0.4, -0.2) is 33.9 Å². The number of anilines is 1. The van der Waals surface area contributed by atoms with Gasteiger partial charge in [-0.25, -0.2) is 9.37 Å². The molecule has 0 radical (unpaired) electrons. The van der Waals surface area contributed by atoms with Gasteiger partial charge in [0, 0.05) is 29.9 Å². The van der Waals surface area contributed by atoms with Crippen LogP contribution in [0.15, 0.2) is 48.8 Å². The summed E-state index contributed by atoms with van der Waals surface area (Å²) in [5.74, 6) is 2.19. The fourth-order valence-electron chi connectivity index (χ4n) is 4.46. The number of alkyl halides is 1. The van der Waals surface area contributed by atoms with Crippen LogP contribution < -0.4 is 20.1 Å². The summed E-state index contributed by atoms with van der Waals surface area (Å²) in [6.07, 6.45) is 3.84. The normalized spacial score (nSPS) is 21.7. The maximum absolute atomic E-state index is 12.9. The topological polar surface area (TPSA) is 102 Å². The average molecular weight is 446 g/mol. The van der Waals surface area contributed by atoms with E-state index in [2.05, 4.69) is 20.6 Å². The molecule has 2 N–H and O–H groups in total. The van der Waals surface area contributed by atoms with Gasteiger partial charge < -0.3 is 20.1 Å². The molecule has 3 atom stereocenters. The van der Waals surface area contributed by atoms with Gasteiger partial charge in [-0.1, -0.05) is 0 Å². The molecular formula is C24H19FN4O4. The number of amides is 2. The summed E-state index contributed by atoms with van der Waals surface area (Å²) in [5.41, 5.74) is 2.42. The fourth-order valence-corrected chi connectivity index (χ4v) is 4.46. The molecule has 6 rings (SSSR count). The smallest absolute Gasteiger partial charge is 0.270 e. The van der Waals surface area contributed by atoms with Crippen LogP contribution in [0.2, 0.25) is 0 Å². The summed E-state index contributed by atoms with van der Waals surface area (Å²) >= 11 is 0. The molecule has 2 aromatic heterocycles. The van der Waals surface area contributed by atoms with E-state index in [0.717, 1.165) is 16.9 Å². The van der Waals surface area contributed by atoms with Gasteiger partial charge in [0.05, 0.1) is 12.0 Å². The van der Waals surface area contributed by atoms with Crippen molar-refractivity contribution < 1.29 is 23.5 Å². The number of halogens is 1. The van der Waals surface area contributed by atoms with Gasteiger partial charge in [0.2, 0.25) is 5.91 Å². The van der Waals surface area contributed by atoms with E-state index >= 15 is 0 Å². The Hall–Kier alpha value is -4.01. The van der Waals surface area contributed by atoms with Crippen LogP contribution in [0.3, 0.4) is 0 Å². The molecule has 8 nitrogen and oxygen atoms in total. The zero-order valence-corrected chi connectivity index (χ0v) is 17.4. The lowest BCUT2D eigenvalue weighted by Gasteiger charge is -2.19. The molecular weight excluding hydrogens is 427 g/mol. The van der Waals surface area contributed by atoms with Crippen molar-refractivity contribution in [2.75, 3.05) is 5.32 Å². The van der Waals surface area contributed by atoms with Crippen molar-refractivity contribution in [1.82, 2.24) is 15.3 Å². The molecule has 3 aromatic rings. The van der Waals surface area contributed by atoms with Gasteiger partial charge >= 0.3 is 0 Å². The van der Waals surface area contributed by atoms with Crippen LogP contribution in [0.25, 0.3) is 0 Å². The second-order valence-corrected chi connectivity index (χ2v) is 8.28. The highest BCUT2D eigenvalue weighted by Gasteiger charge is 2.59. The van der Waals surface area contributed by atoms with Gasteiger partial charge in [0.25, 0.3) is 5.91 Å². The summed E-state index contributed by atoms with van der Waals surface area (Å²) < 4.78 is 25.0. The Morgan fingerprint density at radius 1 is 1.18 bits per heavy atom. The molecule has 2 amide bonds. The second-order valence-electron chi connectivity index (χ2n) is 8.28. The quantitative estimate of drug-likeness (QED) is 0.624.